The summed E-state index contributed by atoms with van der Waals surface area (Å²) < 4.78 is 0. The zero-order valence-electron chi connectivity index (χ0n) is 6.73. The van der Waals surface area contributed by atoms with Crippen molar-refractivity contribution in [1.29, 1.82) is 0 Å². The standard InChI is InChI=1S/C8H15ClSi/c1-4-7-10(2,3)8-5-6-9/h4-5,8H,1,6-7H2,2-3H3/b8-5+. The van der Waals surface area contributed by atoms with Crippen LogP contribution < -0.4 is 0 Å². The van der Waals surface area contributed by atoms with Crippen molar-refractivity contribution in [1.82, 2.24) is 0 Å². The first-order valence-electron chi connectivity index (χ1n) is 3.47. The molecule has 0 unspecified atom stereocenters. The molecular formula is C8H15ClSi. The van der Waals surface area contributed by atoms with Crippen molar-refractivity contribution in [2.45, 2.75) is 19.1 Å². The summed E-state index contributed by atoms with van der Waals surface area (Å²) >= 11 is 5.52. The minimum Gasteiger partial charge on any atom is -0.122 e. The van der Waals surface area contributed by atoms with E-state index >= 15 is 0 Å². The lowest BCUT2D eigenvalue weighted by Gasteiger charge is -2.13. The van der Waals surface area contributed by atoms with E-state index in [1.54, 1.807) is 0 Å². The van der Waals surface area contributed by atoms with Crippen LogP contribution in [0.15, 0.2) is 24.4 Å². The summed E-state index contributed by atoms with van der Waals surface area (Å²) in [5.74, 6) is 0.633. The minimum absolute atomic E-state index is 0.633. The van der Waals surface area contributed by atoms with Gasteiger partial charge in [-0.15, -0.1) is 18.2 Å². The molecule has 2 heteroatoms. The summed E-state index contributed by atoms with van der Waals surface area (Å²) in [7, 11) is -1.11. The lowest BCUT2D eigenvalue weighted by molar-refractivity contribution is 1.55. The quantitative estimate of drug-likeness (QED) is 0.349. The van der Waals surface area contributed by atoms with E-state index in [2.05, 4.69) is 25.4 Å². The summed E-state index contributed by atoms with van der Waals surface area (Å²) in [5, 5.41) is 0. The zero-order chi connectivity index (χ0) is 8.04. The Morgan fingerprint density at radius 2 is 2.10 bits per heavy atom. The van der Waals surface area contributed by atoms with Gasteiger partial charge in [-0.05, 0) is 6.04 Å². The van der Waals surface area contributed by atoms with E-state index in [-0.39, 0.29) is 0 Å². The molecule has 0 heterocycles. The van der Waals surface area contributed by atoms with Gasteiger partial charge in [0.2, 0.25) is 0 Å². The first-order chi connectivity index (χ1) is 4.62. The van der Waals surface area contributed by atoms with Gasteiger partial charge in [0.05, 0.1) is 8.07 Å². The number of allylic oxidation sites excluding steroid dienone is 2. The average Bonchev–Trinajstić information content (AvgIpc) is 1.84. The molecule has 0 nitrogen and oxygen atoms in total. The largest absolute Gasteiger partial charge is 0.122 e. The van der Waals surface area contributed by atoms with Gasteiger partial charge in [-0.1, -0.05) is 30.9 Å². The molecule has 58 valence electrons. The van der Waals surface area contributed by atoms with Crippen LogP contribution in [-0.2, 0) is 0 Å². The zero-order valence-corrected chi connectivity index (χ0v) is 8.49. The Kier molecular flexibility index (Phi) is 4.74. The van der Waals surface area contributed by atoms with Crippen molar-refractivity contribution in [2.24, 2.45) is 0 Å². The van der Waals surface area contributed by atoms with Crippen LogP contribution in [0.1, 0.15) is 0 Å². The van der Waals surface area contributed by atoms with Gasteiger partial charge in [-0.25, -0.2) is 0 Å². The lowest BCUT2D eigenvalue weighted by atomic mass is 10.7. The first-order valence-corrected chi connectivity index (χ1v) is 7.29. The molecule has 0 bridgehead atoms. The predicted octanol–water partition coefficient (Wildman–Crippen LogP) is 3.22. The van der Waals surface area contributed by atoms with E-state index in [1.165, 1.54) is 0 Å². The molecule has 0 radical (unpaired) electrons. The summed E-state index contributed by atoms with van der Waals surface area (Å²) in [4.78, 5) is 0. The third kappa shape index (κ3) is 4.83. The van der Waals surface area contributed by atoms with Gasteiger partial charge in [0.1, 0.15) is 0 Å². The molecule has 0 saturated heterocycles. The molecule has 0 amide bonds. The SMILES string of the molecule is C=CC[Si](C)(C)/C=C/CCl. The number of alkyl halides is 1. The Morgan fingerprint density at radius 1 is 1.50 bits per heavy atom. The van der Waals surface area contributed by atoms with Crippen LogP contribution in [0.2, 0.25) is 19.1 Å². The summed E-state index contributed by atoms with van der Waals surface area (Å²) in [5.41, 5.74) is 2.27. The molecule has 0 atom stereocenters. The Morgan fingerprint density at radius 3 is 2.50 bits per heavy atom. The Bertz CT molecular complexity index is 127. The van der Waals surface area contributed by atoms with Crippen LogP contribution in [0.5, 0.6) is 0 Å². The summed E-state index contributed by atoms with van der Waals surface area (Å²) in [6.45, 7) is 8.33. The Labute approximate surface area is 69.6 Å². The normalized spacial score (nSPS) is 12.3. The second-order valence-electron chi connectivity index (χ2n) is 3.04. The van der Waals surface area contributed by atoms with E-state index in [0.717, 1.165) is 6.04 Å². The van der Waals surface area contributed by atoms with E-state index in [0.29, 0.717) is 5.88 Å². The monoisotopic (exact) mass is 174 g/mol. The van der Waals surface area contributed by atoms with Crippen LogP contribution in [0, 0.1) is 0 Å². The van der Waals surface area contributed by atoms with Crippen molar-refractivity contribution in [3.8, 4) is 0 Å². The van der Waals surface area contributed by atoms with Gasteiger partial charge in [0.25, 0.3) is 0 Å². The summed E-state index contributed by atoms with van der Waals surface area (Å²) in [6.07, 6.45) is 4.03. The van der Waals surface area contributed by atoms with Gasteiger partial charge < -0.3 is 0 Å². The molecule has 0 aromatic heterocycles. The van der Waals surface area contributed by atoms with E-state index in [4.69, 9.17) is 11.6 Å². The third-order valence-electron chi connectivity index (χ3n) is 1.33. The second-order valence-corrected chi connectivity index (χ2v) is 8.07. The summed E-state index contributed by atoms with van der Waals surface area (Å²) in [6, 6.07) is 1.14. The van der Waals surface area contributed by atoms with Crippen LogP contribution in [0.25, 0.3) is 0 Å². The van der Waals surface area contributed by atoms with Gasteiger partial charge >= 0.3 is 0 Å². The maximum absolute atomic E-state index is 5.52. The smallest absolute Gasteiger partial charge is 0.0750 e. The molecule has 0 aliphatic carbocycles. The highest BCUT2D eigenvalue weighted by Crippen LogP contribution is 2.10. The maximum Gasteiger partial charge on any atom is 0.0750 e. The molecule has 0 saturated carbocycles. The molecule has 0 fully saturated rings. The molecule has 0 spiro atoms. The molecule has 0 aliphatic heterocycles. The number of halogens is 1. The van der Waals surface area contributed by atoms with Crippen molar-refractivity contribution >= 4 is 19.7 Å². The average molecular weight is 175 g/mol. The lowest BCUT2D eigenvalue weighted by Crippen LogP contribution is -2.20. The highest BCUT2D eigenvalue weighted by molar-refractivity contribution is 6.82. The van der Waals surface area contributed by atoms with Gasteiger partial charge in [0.15, 0.2) is 0 Å². The van der Waals surface area contributed by atoms with E-state index in [9.17, 15) is 0 Å². The van der Waals surface area contributed by atoms with Crippen molar-refractivity contribution in [3.05, 3.63) is 24.4 Å². The van der Waals surface area contributed by atoms with Crippen LogP contribution in [-0.4, -0.2) is 14.0 Å². The van der Waals surface area contributed by atoms with Gasteiger partial charge in [0, 0.05) is 5.88 Å². The third-order valence-corrected chi connectivity index (χ3v) is 3.99. The fourth-order valence-electron chi connectivity index (χ4n) is 0.804. The Hall–Kier alpha value is -0.0131. The maximum atomic E-state index is 5.52. The van der Waals surface area contributed by atoms with Crippen molar-refractivity contribution < 1.29 is 0 Å². The van der Waals surface area contributed by atoms with E-state index in [1.807, 2.05) is 12.2 Å². The highest BCUT2D eigenvalue weighted by atomic mass is 35.5. The van der Waals surface area contributed by atoms with Crippen molar-refractivity contribution in [3.63, 3.8) is 0 Å². The highest BCUT2D eigenvalue weighted by Gasteiger charge is 2.12. The molecule has 0 N–H and O–H groups in total. The molecular weight excluding hydrogens is 160 g/mol. The van der Waals surface area contributed by atoms with Gasteiger partial charge in [-0.2, -0.15) is 0 Å². The van der Waals surface area contributed by atoms with E-state index < -0.39 is 8.07 Å². The number of rotatable bonds is 4. The van der Waals surface area contributed by atoms with Crippen LogP contribution in [0.4, 0.5) is 0 Å². The Balaban J connectivity index is 3.84. The first kappa shape index (κ1) is 9.99. The number of hydrogen-bond acceptors (Lipinski definition) is 0. The topological polar surface area (TPSA) is 0 Å². The molecule has 10 heavy (non-hydrogen) atoms. The number of hydrogen-bond donors (Lipinski definition) is 0. The van der Waals surface area contributed by atoms with Crippen LogP contribution in [0.3, 0.4) is 0 Å². The molecule has 0 rings (SSSR count). The molecule has 0 aliphatic rings. The molecule has 0 aromatic rings. The molecule has 0 aromatic carbocycles. The fourth-order valence-corrected chi connectivity index (χ4v) is 2.68. The fraction of sp³-hybridized carbons (Fsp3) is 0.500. The van der Waals surface area contributed by atoms with Gasteiger partial charge in [-0.3, -0.25) is 0 Å². The van der Waals surface area contributed by atoms with Crippen LogP contribution >= 0.6 is 11.6 Å². The predicted molar refractivity (Wildman–Crippen MR) is 52.3 cm³/mol. The minimum atomic E-state index is -1.11. The second kappa shape index (κ2) is 4.75. The van der Waals surface area contributed by atoms with Crippen molar-refractivity contribution in [2.75, 3.05) is 5.88 Å².